The first-order valence-electron chi connectivity index (χ1n) is 17.6. The Labute approximate surface area is 290 Å². The highest BCUT2D eigenvalue weighted by Crippen LogP contribution is 2.37. The van der Waals surface area contributed by atoms with Crippen LogP contribution in [0.15, 0.2) is 117 Å². The standard InChI is InChI=1S/C43H48S3/c1-2-3-4-5-6-7-8-9-10-11-12-13-16-25-45-37-21-19-32-26-33-20-22-38(29-35(33)27-34(32)28-37)46-39-23-24-40-36(30-39)31-43(44)42-18-15-14-17-41(40)42/h14-15,17-24,26-31,44H,2-13,16,25H2,1H3. The van der Waals surface area contributed by atoms with Crippen LogP contribution in [-0.2, 0) is 0 Å². The maximum absolute atomic E-state index is 4.78. The average Bonchev–Trinajstić information content (AvgIpc) is 3.07. The van der Waals surface area contributed by atoms with Crippen molar-refractivity contribution in [2.24, 2.45) is 0 Å². The Morgan fingerprint density at radius 1 is 0.435 bits per heavy atom. The summed E-state index contributed by atoms with van der Waals surface area (Å²) in [6.07, 6.45) is 18.4. The first-order chi connectivity index (χ1) is 22.7. The van der Waals surface area contributed by atoms with Crippen molar-refractivity contribution < 1.29 is 0 Å². The van der Waals surface area contributed by atoms with Crippen LogP contribution in [0.4, 0.5) is 0 Å². The van der Waals surface area contributed by atoms with Crippen LogP contribution in [0.3, 0.4) is 0 Å². The van der Waals surface area contributed by atoms with Crippen LogP contribution >= 0.6 is 36.2 Å². The van der Waals surface area contributed by atoms with E-state index in [1.807, 2.05) is 23.5 Å². The molecule has 6 aromatic rings. The lowest BCUT2D eigenvalue weighted by atomic mass is 10.0. The molecular formula is C43H48S3. The molecule has 238 valence electrons. The number of unbranched alkanes of at least 4 members (excludes halogenated alkanes) is 12. The molecule has 0 radical (unpaired) electrons. The van der Waals surface area contributed by atoms with Crippen LogP contribution in [0.1, 0.15) is 90.4 Å². The van der Waals surface area contributed by atoms with Gasteiger partial charge in [0.05, 0.1) is 0 Å². The van der Waals surface area contributed by atoms with Gasteiger partial charge in [-0.05, 0) is 110 Å². The van der Waals surface area contributed by atoms with Crippen LogP contribution in [0.5, 0.6) is 0 Å². The summed E-state index contributed by atoms with van der Waals surface area (Å²) in [4.78, 5) is 4.95. The quantitative estimate of drug-likeness (QED) is 0.0340. The lowest BCUT2D eigenvalue weighted by molar-refractivity contribution is 0.543. The monoisotopic (exact) mass is 660 g/mol. The van der Waals surface area contributed by atoms with E-state index in [-0.39, 0.29) is 0 Å². The van der Waals surface area contributed by atoms with E-state index in [1.54, 1.807) is 0 Å². The molecule has 0 bridgehead atoms. The molecule has 0 amide bonds. The van der Waals surface area contributed by atoms with Gasteiger partial charge in [0.15, 0.2) is 0 Å². The summed E-state index contributed by atoms with van der Waals surface area (Å²) >= 11 is 8.64. The zero-order valence-electron chi connectivity index (χ0n) is 27.4. The number of fused-ring (bicyclic) bond motifs is 5. The summed E-state index contributed by atoms with van der Waals surface area (Å²) in [5.74, 6) is 1.22. The van der Waals surface area contributed by atoms with E-state index in [0.717, 1.165) is 4.90 Å². The minimum absolute atomic E-state index is 1.03. The second-order valence-corrected chi connectivity index (χ2v) is 15.7. The molecule has 0 aromatic heterocycles. The first kappa shape index (κ1) is 33.3. The fourth-order valence-electron chi connectivity index (χ4n) is 6.69. The third-order valence-corrected chi connectivity index (χ3v) is 11.7. The van der Waals surface area contributed by atoms with Gasteiger partial charge in [-0.15, -0.1) is 24.4 Å². The van der Waals surface area contributed by atoms with E-state index in [2.05, 4.69) is 104 Å². The Morgan fingerprint density at radius 2 is 0.957 bits per heavy atom. The van der Waals surface area contributed by atoms with Crippen molar-refractivity contribution in [2.75, 3.05) is 5.75 Å². The molecule has 46 heavy (non-hydrogen) atoms. The molecule has 0 heterocycles. The van der Waals surface area contributed by atoms with Gasteiger partial charge in [-0.25, -0.2) is 0 Å². The normalized spacial score (nSPS) is 11.8. The highest BCUT2D eigenvalue weighted by Gasteiger charge is 2.08. The van der Waals surface area contributed by atoms with Crippen molar-refractivity contribution >= 4 is 79.2 Å². The minimum atomic E-state index is 1.03. The molecule has 0 atom stereocenters. The lowest BCUT2D eigenvalue weighted by Gasteiger charge is -2.10. The number of thioether (sulfide) groups is 1. The van der Waals surface area contributed by atoms with E-state index in [1.165, 1.54) is 147 Å². The van der Waals surface area contributed by atoms with Gasteiger partial charge in [-0.1, -0.05) is 138 Å². The van der Waals surface area contributed by atoms with Gasteiger partial charge in [0.25, 0.3) is 0 Å². The van der Waals surface area contributed by atoms with Gasteiger partial charge in [-0.3, -0.25) is 0 Å². The number of rotatable bonds is 17. The van der Waals surface area contributed by atoms with Crippen LogP contribution in [0, 0.1) is 0 Å². The molecule has 6 rings (SSSR count). The molecule has 0 saturated carbocycles. The van der Waals surface area contributed by atoms with Crippen molar-refractivity contribution in [3.8, 4) is 0 Å². The van der Waals surface area contributed by atoms with Crippen LogP contribution in [0.2, 0.25) is 0 Å². The van der Waals surface area contributed by atoms with Crippen LogP contribution < -0.4 is 0 Å². The number of benzene rings is 6. The van der Waals surface area contributed by atoms with E-state index < -0.39 is 0 Å². The smallest absolute Gasteiger partial charge is 0.0128 e. The predicted octanol–water partition coefficient (Wildman–Crippen LogP) is 14.9. The van der Waals surface area contributed by atoms with Crippen LogP contribution in [-0.4, -0.2) is 5.75 Å². The largest absolute Gasteiger partial charge is 0.143 e. The molecule has 0 aliphatic carbocycles. The molecule has 0 spiro atoms. The SMILES string of the molecule is CCCCCCCCCCCCCCCSc1ccc2cc3ccc(Sc4ccc5c(c4)cc(S)c4ccccc45)cc3cc2c1. The van der Waals surface area contributed by atoms with Gasteiger partial charge in [0.2, 0.25) is 0 Å². The second-order valence-electron chi connectivity index (χ2n) is 12.9. The molecule has 3 heteroatoms. The number of hydrogen-bond acceptors (Lipinski definition) is 3. The highest BCUT2D eigenvalue weighted by molar-refractivity contribution is 7.99. The van der Waals surface area contributed by atoms with E-state index in [0.29, 0.717) is 0 Å². The summed E-state index contributed by atoms with van der Waals surface area (Å²) in [5.41, 5.74) is 0. The molecule has 0 N–H and O–H groups in total. The molecule has 0 unspecified atom stereocenters. The van der Waals surface area contributed by atoms with Gasteiger partial charge < -0.3 is 0 Å². The average molecular weight is 661 g/mol. The zero-order chi connectivity index (χ0) is 31.6. The molecule has 6 aromatic carbocycles. The molecular weight excluding hydrogens is 613 g/mol. The van der Waals surface area contributed by atoms with Gasteiger partial charge in [0.1, 0.15) is 0 Å². The third kappa shape index (κ3) is 8.85. The Morgan fingerprint density at radius 3 is 1.63 bits per heavy atom. The van der Waals surface area contributed by atoms with E-state index >= 15 is 0 Å². The van der Waals surface area contributed by atoms with Crippen molar-refractivity contribution in [1.82, 2.24) is 0 Å². The van der Waals surface area contributed by atoms with Gasteiger partial charge in [-0.2, -0.15) is 0 Å². The highest BCUT2D eigenvalue weighted by atomic mass is 32.2. The minimum Gasteiger partial charge on any atom is -0.143 e. The Hall–Kier alpha value is -2.59. The fraction of sp³-hybridized carbons (Fsp3) is 0.349. The lowest BCUT2D eigenvalue weighted by Crippen LogP contribution is -1.85. The maximum Gasteiger partial charge on any atom is 0.0128 e. The van der Waals surface area contributed by atoms with Crippen molar-refractivity contribution in [2.45, 2.75) is 110 Å². The summed E-state index contributed by atoms with van der Waals surface area (Å²) < 4.78 is 0. The predicted molar refractivity (Wildman–Crippen MR) is 211 cm³/mol. The summed E-state index contributed by atoms with van der Waals surface area (Å²) in [6, 6.07) is 36.2. The topological polar surface area (TPSA) is 0 Å². The molecule has 0 saturated heterocycles. The maximum atomic E-state index is 4.78. The molecule has 0 aliphatic rings. The molecule has 0 aliphatic heterocycles. The number of hydrogen-bond donors (Lipinski definition) is 1. The van der Waals surface area contributed by atoms with Crippen LogP contribution in [0.25, 0.3) is 43.1 Å². The fourth-order valence-corrected chi connectivity index (χ4v) is 8.90. The molecule has 0 nitrogen and oxygen atoms in total. The summed E-state index contributed by atoms with van der Waals surface area (Å²) in [5, 5.41) is 10.3. The third-order valence-electron chi connectivity index (χ3n) is 9.30. The second kappa shape index (κ2) is 17.0. The van der Waals surface area contributed by atoms with Crippen molar-refractivity contribution in [3.05, 3.63) is 97.1 Å². The summed E-state index contributed by atoms with van der Waals surface area (Å²) in [7, 11) is 0. The zero-order valence-corrected chi connectivity index (χ0v) is 29.9. The molecule has 0 fully saturated rings. The Balaban J connectivity index is 1.00. The number of thiol groups is 1. The van der Waals surface area contributed by atoms with Crippen molar-refractivity contribution in [1.29, 1.82) is 0 Å². The first-order valence-corrected chi connectivity index (χ1v) is 19.9. The van der Waals surface area contributed by atoms with Crippen molar-refractivity contribution in [3.63, 3.8) is 0 Å². The van der Waals surface area contributed by atoms with Gasteiger partial charge in [0, 0.05) is 19.6 Å². The Bertz CT molecular complexity index is 1890. The van der Waals surface area contributed by atoms with E-state index in [9.17, 15) is 0 Å². The Kier molecular flexibility index (Phi) is 12.3. The van der Waals surface area contributed by atoms with E-state index in [4.69, 9.17) is 12.6 Å². The van der Waals surface area contributed by atoms with Gasteiger partial charge >= 0.3 is 0 Å². The summed E-state index contributed by atoms with van der Waals surface area (Å²) in [6.45, 7) is 2.30.